The molecule has 5 nitrogen and oxygen atoms in total. The number of methoxy groups -OCH3 is 2. The standard InChI is InChI=1S/C19H19NO4/c1-23-9-3-6-14(15(7-9)24-2)20-18(21)16-10-4-5-11(13-8-12(10)13)17(16)19(20)22/h3-7,10-13,16-17H,8H2,1-2H3/t10-,11+,12-,13+,16-,17+. The molecule has 2 bridgehead atoms. The van der Waals surface area contributed by atoms with Gasteiger partial charge in [-0.2, -0.15) is 0 Å². The quantitative estimate of drug-likeness (QED) is 0.632. The van der Waals surface area contributed by atoms with E-state index in [2.05, 4.69) is 12.2 Å². The average molecular weight is 325 g/mol. The highest BCUT2D eigenvalue weighted by molar-refractivity contribution is 6.23. The highest BCUT2D eigenvalue weighted by Gasteiger charge is 2.67. The van der Waals surface area contributed by atoms with Gasteiger partial charge in [0, 0.05) is 6.07 Å². The summed E-state index contributed by atoms with van der Waals surface area (Å²) in [4.78, 5) is 27.6. The summed E-state index contributed by atoms with van der Waals surface area (Å²) in [7, 11) is 3.11. The van der Waals surface area contributed by atoms with Crippen molar-refractivity contribution in [3.8, 4) is 11.5 Å². The molecule has 4 aliphatic carbocycles. The Morgan fingerprint density at radius 3 is 2.12 bits per heavy atom. The van der Waals surface area contributed by atoms with Crippen molar-refractivity contribution in [1.82, 2.24) is 0 Å². The first kappa shape index (κ1) is 14.1. The molecule has 0 aromatic heterocycles. The molecule has 1 aromatic carbocycles. The van der Waals surface area contributed by atoms with Gasteiger partial charge in [-0.1, -0.05) is 12.2 Å². The van der Waals surface area contributed by atoms with Crippen molar-refractivity contribution in [2.45, 2.75) is 6.42 Å². The minimum Gasteiger partial charge on any atom is -0.497 e. The lowest BCUT2D eigenvalue weighted by Gasteiger charge is -2.37. The van der Waals surface area contributed by atoms with Crippen LogP contribution in [0.25, 0.3) is 0 Å². The molecular weight excluding hydrogens is 306 g/mol. The minimum absolute atomic E-state index is 0.0711. The van der Waals surface area contributed by atoms with E-state index in [9.17, 15) is 9.59 Å². The van der Waals surface area contributed by atoms with Gasteiger partial charge in [-0.15, -0.1) is 0 Å². The lowest BCUT2D eigenvalue weighted by Crippen LogP contribution is -2.40. The van der Waals surface area contributed by atoms with Crippen LogP contribution in [0.4, 0.5) is 5.69 Å². The van der Waals surface area contributed by atoms with Crippen molar-refractivity contribution in [2.24, 2.45) is 35.5 Å². The average Bonchev–Trinajstić information content (AvgIpc) is 3.39. The third-order valence-electron chi connectivity index (χ3n) is 6.29. The van der Waals surface area contributed by atoms with Crippen LogP contribution in [-0.2, 0) is 9.59 Å². The lowest BCUT2D eigenvalue weighted by atomic mass is 9.63. The summed E-state index contributed by atoms with van der Waals surface area (Å²) in [5.74, 6) is 2.27. The first-order chi connectivity index (χ1) is 11.7. The molecule has 6 rings (SSSR count). The number of anilines is 1. The van der Waals surface area contributed by atoms with Crippen molar-refractivity contribution in [3.63, 3.8) is 0 Å². The molecule has 0 radical (unpaired) electrons. The summed E-state index contributed by atoms with van der Waals surface area (Å²) in [6, 6.07) is 5.20. The molecule has 1 aromatic rings. The largest absolute Gasteiger partial charge is 0.497 e. The number of imide groups is 1. The number of amides is 2. The molecule has 5 heteroatoms. The van der Waals surface area contributed by atoms with Crippen LogP contribution in [0.3, 0.4) is 0 Å². The number of rotatable bonds is 3. The summed E-state index contributed by atoms with van der Waals surface area (Å²) >= 11 is 0. The molecule has 0 spiro atoms. The molecule has 2 amide bonds. The summed E-state index contributed by atoms with van der Waals surface area (Å²) in [6.45, 7) is 0. The van der Waals surface area contributed by atoms with Gasteiger partial charge in [0.2, 0.25) is 11.8 Å². The maximum atomic E-state index is 13.1. The van der Waals surface area contributed by atoms with Gasteiger partial charge in [0.25, 0.3) is 0 Å². The van der Waals surface area contributed by atoms with Gasteiger partial charge in [-0.3, -0.25) is 9.59 Å². The number of carbonyl (C=O) groups is 2. The van der Waals surface area contributed by atoms with E-state index in [1.54, 1.807) is 25.3 Å². The maximum Gasteiger partial charge on any atom is 0.238 e. The Hall–Kier alpha value is -2.30. The second-order valence-electron chi connectivity index (χ2n) is 7.20. The first-order valence-electron chi connectivity index (χ1n) is 8.44. The van der Waals surface area contributed by atoms with Gasteiger partial charge in [0.1, 0.15) is 11.5 Å². The number of carbonyl (C=O) groups excluding carboxylic acids is 2. The predicted molar refractivity (Wildman–Crippen MR) is 86.7 cm³/mol. The number of ether oxygens (including phenoxy) is 2. The summed E-state index contributed by atoms with van der Waals surface area (Å²) in [5, 5.41) is 0. The number of hydrogen-bond acceptors (Lipinski definition) is 4. The van der Waals surface area contributed by atoms with Crippen LogP contribution in [0.15, 0.2) is 30.4 Å². The topological polar surface area (TPSA) is 55.8 Å². The van der Waals surface area contributed by atoms with Crippen molar-refractivity contribution in [2.75, 3.05) is 19.1 Å². The molecule has 0 unspecified atom stereocenters. The Morgan fingerprint density at radius 2 is 1.58 bits per heavy atom. The predicted octanol–water partition coefficient (Wildman–Crippen LogP) is 2.26. The van der Waals surface area contributed by atoms with E-state index >= 15 is 0 Å². The summed E-state index contributed by atoms with van der Waals surface area (Å²) in [6.07, 6.45) is 5.53. The molecule has 6 atom stereocenters. The Kier molecular flexibility index (Phi) is 2.71. The zero-order valence-corrected chi connectivity index (χ0v) is 13.6. The molecule has 3 fully saturated rings. The zero-order chi connectivity index (χ0) is 16.6. The van der Waals surface area contributed by atoms with E-state index in [-0.39, 0.29) is 35.5 Å². The van der Waals surface area contributed by atoms with Crippen LogP contribution < -0.4 is 14.4 Å². The summed E-state index contributed by atoms with van der Waals surface area (Å²) in [5.41, 5.74) is 0.524. The fourth-order valence-electron chi connectivity index (χ4n) is 5.16. The van der Waals surface area contributed by atoms with Gasteiger partial charge in [-0.25, -0.2) is 4.90 Å². The van der Waals surface area contributed by atoms with Gasteiger partial charge < -0.3 is 9.47 Å². The van der Waals surface area contributed by atoms with Gasteiger partial charge >= 0.3 is 0 Å². The van der Waals surface area contributed by atoms with E-state index in [4.69, 9.17) is 9.47 Å². The molecular formula is C19H19NO4. The third kappa shape index (κ3) is 1.60. The SMILES string of the molecule is COc1ccc(N2C(=O)[C@@H]3[C@@H]4C=C[C@@H]([C@@H]5C[C@H]45)[C@@H]3C2=O)c(OC)c1. The van der Waals surface area contributed by atoms with Crippen molar-refractivity contribution < 1.29 is 19.1 Å². The Bertz CT molecular complexity index is 750. The Morgan fingerprint density at radius 1 is 0.958 bits per heavy atom. The van der Waals surface area contributed by atoms with E-state index < -0.39 is 0 Å². The van der Waals surface area contributed by atoms with E-state index in [1.165, 1.54) is 18.4 Å². The van der Waals surface area contributed by atoms with Crippen LogP contribution in [-0.4, -0.2) is 26.0 Å². The molecule has 1 saturated heterocycles. The lowest BCUT2D eigenvalue weighted by molar-refractivity contribution is -0.124. The smallest absolute Gasteiger partial charge is 0.238 e. The first-order valence-corrected chi connectivity index (χ1v) is 8.44. The van der Waals surface area contributed by atoms with Gasteiger partial charge in [0.05, 0.1) is 31.7 Å². The Labute approximate surface area is 140 Å². The van der Waals surface area contributed by atoms with Crippen LogP contribution in [0.1, 0.15) is 6.42 Å². The van der Waals surface area contributed by atoms with E-state index in [1.807, 2.05) is 0 Å². The van der Waals surface area contributed by atoms with Crippen LogP contribution in [0.2, 0.25) is 0 Å². The highest BCUT2D eigenvalue weighted by Crippen LogP contribution is 2.65. The van der Waals surface area contributed by atoms with Crippen molar-refractivity contribution in [1.29, 1.82) is 0 Å². The third-order valence-corrected chi connectivity index (χ3v) is 6.29. The fourth-order valence-corrected chi connectivity index (χ4v) is 5.16. The fraction of sp³-hybridized carbons (Fsp3) is 0.474. The van der Waals surface area contributed by atoms with Gasteiger partial charge in [-0.05, 0) is 42.2 Å². The molecule has 124 valence electrons. The molecule has 1 aliphatic heterocycles. The maximum absolute atomic E-state index is 13.1. The number of hydrogen-bond donors (Lipinski definition) is 0. The number of allylic oxidation sites excluding steroid dienone is 2. The summed E-state index contributed by atoms with van der Waals surface area (Å²) < 4.78 is 10.6. The molecule has 0 N–H and O–H groups in total. The van der Waals surface area contributed by atoms with Crippen molar-refractivity contribution >= 4 is 17.5 Å². The second-order valence-corrected chi connectivity index (χ2v) is 7.20. The second kappa shape index (κ2) is 4.62. The van der Waals surface area contributed by atoms with E-state index in [0.717, 1.165) is 0 Å². The minimum atomic E-state index is -0.192. The molecule has 2 saturated carbocycles. The highest BCUT2D eigenvalue weighted by atomic mass is 16.5. The van der Waals surface area contributed by atoms with Gasteiger partial charge in [0.15, 0.2) is 0 Å². The van der Waals surface area contributed by atoms with Crippen LogP contribution >= 0.6 is 0 Å². The zero-order valence-electron chi connectivity index (χ0n) is 13.6. The number of benzene rings is 1. The normalized spacial score (nSPS) is 38.2. The van der Waals surface area contributed by atoms with Crippen LogP contribution in [0.5, 0.6) is 11.5 Å². The van der Waals surface area contributed by atoms with E-state index in [0.29, 0.717) is 29.0 Å². The molecule has 1 heterocycles. The van der Waals surface area contributed by atoms with Crippen molar-refractivity contribution in [3.05, 3.63) is 30.4 Å². The monoisotopic (exact) mass is 325 g/mol. The molecule has 24 heavy (non-hydrogen) atoms. The number of nitrogens with zero attached hydrogens (tertiary/aromatic N) is 1. The van der Waals surface area contributed by atoms with Crippen LogP contribution in [0, 0.1) is 35.5 Å². The Balaban J connectivity index is 1.57. The molecule has 5 aliphatic rings.